The number of benzene rings is 3. The van der Waals surface area contributed by atoms with Crippen molar-refractivity contribution in [3.8, 4) is 17.1 Å². The zero-order chi connectivity index (χ0) is 24.2. The van der Waals surface area contributed by atoms with E-state index < -0.39 is 5.25 Å². The van der Waals surface area contributed by atoms with E-state index >= 15 is 0 Å². The van der Waals surface area contributed by atoms with Crippen molar-refractivity contribution in [2.45, 2.75) is 37.1 Å². The first-order valence-corrected chi connectivity index (χ1v) is 12.5. The first-order chi connectivity index (χ1) is 16.3. The molecule has 4 aromatic rings. The van der Waals surface area contributed by atoms with E-state index in [1.807, 2.05) is 47.9 Å². The maximum Gasteiger partial charge on any atom is 0.237 e. The normalized spacial score (nSPS) is 12.1. The maximum atomic E-state index is 12.9. The lowest BCUT2D eigenvalue weighted by Crippen LogP contribution is -2.23. The summed E-state index contributed by atoms with van der Waals surface area (Å²) >= 11 is 13.5. The molecule has 1 aromatic heterocycles. The third-order valence-electron chi connectivity index (χ3n) is 5.28. The molecule has 34 heavy (non-hydrogen) atoms. The van der Waals surface area contributed by atoms with E-state index in [4.69, 9.17) is 23.2 Å². The molecule has 0 fully saturated rings. The highest BCUT2D eigenvalue weighted by molar-refractivity contribution is 8.00. The van der Waals surface area contributed by atoms with Crippen molar-refractivity contribution >= 4 is 46.6 Å². The van der Waals surface area contributed by atoms with E-state index in [9.17, 15) is 4.79 Å². The molecule has 174 valence electrons. The number of para-hydroxylation sites is 1. The predicted octanol–water partition coefficient (Wildman–Crippen LogP) is 7.48. The van der Waals surface area contributed by atoms with Crippen LogP contribution in [0.1, 0.15) is 32.3 Å². The van der Waals surface area contributed by atoms with Gasteiger partial charge in [-0.05, 0) is 66.9 Å². The molecule has 0 saturated heterocycles. The zero-order valence-corrected chi connectivity index (χ0v) is 21.3. The molecule has 1 atom stereocenters. The highest BCUT2D eigenvalue weighted by Crippen LogP contribution is 2.34. The van der Waals surface area contributed by atoms with Gasteiger partial charge in [-0.15, -0.1) is 10.2 Å². The van der Waals surface area contributed by atoms with Gasteiger partial charge < -0.3 is 5.32 Å². The summed E-state index contributed by atoms with van der Waals surface area (Å²) in [6, 6.07) is 22.8. The third kappa shape index (κ3) is 5.46. The van der Waals surface area contributed by atoms with Crippen LogP contribution in [-0.2, 0) is 4.79 Å². The molecule has 0 aliphatic carbocycles. The average Bonchev–Trinajstić information content (AvgIpc) is 3.22. The quantitative estimate of drug-likeness (QED) is 0.261. The summed E-state index contributed by atoms with van der Waals surface area (Å²) in [4.78, 5) is 12.9. The van der Waals surface area contributed by atoms with Gasteiger partial charge in [-0.25, -0.2) is 0 Å². The average molecular weight is 511 g/mol. The number of thioether (sulfide) groups is 1. The summed E-state index contributed by atoms with van der Waals surface area (Å²) in [6.45, 7) is 6.15. The summed E-state index contributed by atoms with van der Waals surface area (Å²) in [5, 5.41) is 13.3. The molecule has 1 amide bonds. The SMILES string of the molecule is CC(Sc1nnc(-c2ccc(Cl)cc2)n1-c1ccccc1C(C)C)C(=O)Nc1cccc(Cl)c1. The minimum absolute atomic E-state index is 0.146. The van der Waals surface area contributed by atoms with Gasteiger partial charge in [-0.2, -0.15) is 0 Å². The number of halogens is 2. The van der Waals surface area contributed by atoms with Gasteiger partial charge in [0.1, 0.15) is 0 Å². The van der Waals surface area contributed by atoms with E-state index in [0.29, 0.717) is 26.7 Å². The van der Waals surface area contributed by atoms with Crippen LogP contribution >= 0.6 is 35.0 Å². The summed E-state index contributed by atoms with van der Waals surface area (Å²) < 4.78 is 2.02. The maximum absolute atomic E-state index is 12.9. The first kappa shape index (κ1) is 24.3. The van der Waals surface area contributed by atoms with Crippen LogP contribution in [0.2, 0.25) is 10.0 Å². The van der Waals surface area contributed by atoms with Crippen molar-refractivity contribution in [1.82, 2.24) is 14.8 Å². The summed E-state index contributed by atoms with van der Waals surface area (Å²) in [5.74, 6) is 0.833. The number of nitrogens with one attached hydrogen (secondary N) is 1. The monoisotopic (exact) mass is 510 g/mol. The number of carbonyl (C=O) groups is 1. The number of carbonyl (C=O) groups excluding carboxylic acids is 1. The van der Waals surface area contributed by atoms with Crippen molar-refractivity contribution in [3.05, 3.63) is 88.4 Å². The second-order valence-corrected chi connectivity index (χ2v) is 10.3. The Bertz CT molecular complexity index is 1300. The summed E-state index contributed by atoms with van der Waals surface area (Å²) in [5.41, 5.74) is 3.68. The molecule has 3 aromatic carbocycles. The minimum Gasteiger partial charge on any atom is -0.325 e. The van der Waals surface area contributed by atoms with E-state index in [1.54, 1.807) is 24.3 Å². The third-order valence-corrected chi connectivity index (χ3v) is 6.81. The Hall–Kier alpha value is -2.80. The van der Waals surface area contributed by atoms with E-state index in [0.717, 1.165) is 16.8 Å². The van der Waals surface area contributed by atoms with Gasteiger partial charge in [-0.1, -0.05) is 73.1 Å². The van der Waals surface area contributed by atoms with Crippen LogP contribution in [0.3, 0.4) is 0 Å². The van der Waals surface area contributed by atoms with Gasteiger partial charge in [0.2, 0.25) is 5.91 Å². The Morgan fingerprint density at radius 1 is 0.912 bits per heavy atom. The Morgan fingerprint density at radius 2 is 1.65 bits per heavy atom. The molecule has 1 heterocycles. The molecule has 0 spiro atoms. The zero-order valence-electron chi connectivity index (χ0n) is 19.0. The molecule has 0 radical (unpaired) electrons. The Morgan fingerprint density at radius 3 is 2.35 bits per heavy atom. The molecule has 4 rings (SSSR count). The molecule has 0 saturated carbocycles. The van der Waals surface area contributed by atoms with Gasteiger partial charge in [0, 0.05) is 21.3 Å². The number of aromatic nitrogens is 3. The predicted molar refractivity (Wildman–Crippen MR) is 141 cm³/mol. The van der Waals surface area contributed by atoms with Gasteiger partial charge in [0.05, 0.1) is 10.9 Å². The van der Waals surface area contributed by atoms with E-state index in [1.165, 1.54) is 11.8 Å². The van der Waals surface area contributed by atoms with E-state index in [2.05, 4.69) is 41.5 Å². The van der Waals surface area contributed by atoms with Gasteiger partial charge in [0.15, 0.2) is 11.0 Å². The van der Waals surface area contributed by atoms with Crippen molar-refractivity contribution in [1.29, 1.82) is 0 Å². The molecule has 8 heteroatoms. The smallest absolute Gasteiger partial charge is 0.237 e. The molecule has 0 aliphatic heterocycles. The second-order valence-electron chi connectivity index (χ2n) is 8.12. The standard InChI is InChI=1S/C26H24Cl2N4OS/c1-16(2)22-9-4-5-10-23(22)32-24(18-11-13-19(27)14-12-18)30-31-26(32)34-17(3)25(33)29-21-8-6-7-20(28)15-21/h4-17H,1-3H3,(H,29,33). The number of nitrogens with zero attached hydrogens (tertiary/aromatic N) is 3. The largest absolute Gasteiger partial charge is 0.325 e. The van der Waals surface area contributed by atoms with E-state index in [-0.39, 0.29) is 11.8 Å². The van der Waals surface area contributed by atoms with Gasteiger partial charge in [-0.3, -0.25) is 9.36 Å². The molecular formula is C26H24Cl2N4OS. The lowest BCUT2D eigenvalue weighted by atomic mass is 10.0. The first-order valence-electron chi connectivity index (χ1n) is 10.9. The number of amides is 1. The van der Waals surface area contributed by atoms with Crippen LogP contribution in [0.4, 0.5) is 5.69 Å². The minimum atomic E-state index is -0.425. The van der Waals surface area contributed by atoms with Crippen molar-refractivity contribution in [2.24, 2.45) is 0 Å². The molecule has 1 unspecified atom stereocenters. The highest BCUT2D eigenvalue weighted by Gasteiger charge is 2.23. The Labute approximate surface area is 213 Å². The number of hydrogen-bond donors (Lipinski definition) is 1. The van der Waals surface area contributed by atoms with Crippen LogP contribution in [0, 0.1) is 0 Å². The van der Waals surface area contributed by atoms with Crippen LogP contribution < -0.4 is 5.32 Å². The topological polar surface area (TPSA) is 59.8 Å². The fourth-order valence-electron chi connectivity index (χ4n) is 3.55. The molecular weight excluding hydrogens is 487 g/mol. The highest BCUT2D eigenvalue weighted by atomic mass is 35.5. The summed E-state index contributed by atoms with van der Waals surface area (Å²) in [6.07, 6.45) is 0. The molecule has 1 N–H and O–H groups in total. The number of rotatable bonds is 7. The van der Waals surface area contributed by atoms with Crippen LogP contribution in [0.5, 0.6) is 0 Å². The van der Waals surface area contributed by atoms with Crippen LogP contribution in [0.25, 0.3) is 17.1 Å². The van der Waals surface area contributed by atoms with Crippen molar-refractivity contribution in [3.63, 3.8) is 0 Å². The van der Waals surface area contributed by atoms with Crippen molar-refractivity contribution in [2.75, 3.05) is 5.32 Å². The Balaban J connectivity index is 1.71. The molecule has 0 aliphatic rings. The van der Waals surface area contributed by atoms with Gasteiger partial charge in [0.25, 0.3) is 0 Å². The second kappa shape index (κ2) is 10.6. The molecule has 5 nitrogen and oxygen atoms in total. The molecule has 0 bridgehead atoms. The fraction of sp³-hybridized carbons (Fsp3) is 0.192. The number of anilines is 1. The van der Waals surface area contributed by atoms with Gasteiger partial charge >= 0.3 is 0 Å². The van der Waals surface area contributed by atoms with Crippen molar-refractivity contribution < 1.29 is 4.79 Å². The lowest BCUT2D eigenvalue weighted by Gasteiger charge is -2.18. The lowest BCUT2D eigenvalue weighted by molar-refractivity contribution is -0.115. The number of hydrogen-bond acceptors (Lipinski definition) is 4. The van der Waals surface area contributed by atoms with Crippen LogP contribution in [0.15, 0.2) is 78.0 Å². The summed E-state index contributed by atoms with van der Waals surface area (Å²) in [7, 11) is 0. The fourth-order valence-corrected chi connectivity index (χ4v) is 4.73. The van der Waals surface area contributed by atoms with Crippen LogP contribution in [-0.4, -0.2) is 25.9 Å². The Kier molecular flexibility index (Phi) is 7.61.